The highest BCUT2D eigenvalue weighted by molar-refractivity contribution is 7.80. The summed E-state index contributed by atoms with van der Waals surface area (Å²) in [5, 5.41) is 12.9. The van der Waals surface area contributed by atoms with Crippen LogP contribution < -0.4 is 10.6 Å². The lowest BCUT2D eigenvalue weighted by molar-refractivity contribution is 0.659. The maximum atomic E-state index is 5.95. The van der Waals surface area contributed by atoms with Gasteiger partial charge in [-0.1, -0.05) is 35.3 Å². The fraction of sp³-hybridized carbons (Fsp3) is 0.158. The van der Waals surface area contributed by atoms with Gasteiger partial charge < -0.3 is 10.6 Å². The summed E-state index contributed by atoms with van der Waals surface area (Å²) in [7, 11) is 0. The molecule has 0 saturated heterocycles. The zero-order valence-electron chi connectivity index (χ0n) is 14.4. The van der Waals surface area contributed by atoms with Crippen LogP contribution in [0.2, 0.25) is 10.0 Å². The summed E-state index contributed by atoms with van der Waals surface area (Å²) in [6.07, 6.45) is 0. The van der Waals surface area contributed by atoms with Crippen molar-refractivity contribution in [3.05, 3.63) is 75.5 Å². The maximum absolute atomic E-state index is 5.95. The highest BCUT2D eigenvalue weighted by atomic mass is 35.5. The van der Waals surface area contributed by atoms with E-state index in [-0.39, 0.29) is 0 Å². The van der Waals surface area contributed by atoms with Crippen molar-refractivity contribution in [2.75, 3.05) is 10.6 Å². The Kier molecular flexibility index (Phi) is 5.81. The quantitative estimate of drug-likeness (QED) is 0.550. The fourth-order valence-electron chi connectivity index (χ4n) is 2.60. The smallest absolute Gasteiger partial charge is 0.175 e. The van der Waals surface area contributed by atoms with Crippen molar-refractivity contribution >= 4 is 51.9 Å². The lowest BCUT2D eigenvalue weighted by atomic mass is 10.2. The van der Waals surface area contributed by atoms with Gasteiger partial charge in [-0.2, -0.15) is 5.10 Å². The number of hydrogen-bond acceptors (Lipinski definition) is 2. The Morgan fingerprint density at radius 2 is 1.54 bits per heavy atom. The number of halogens is 2. The molecule has 0 atom stereocenters. The summed E-state index contributed by atoms with van der Waals surface area (Å²) in [6.45, 7) is 4.64. The number of nitrogens with one attached hydrogen (secondary N) is 2. The molecule has 26 heavy (non-hydrogen) atoms. The first-order chi connectivity index (χ1) is 12.4. The van der Waals surface area contributed by atoms with E-state index in [4.69, 9.17) is 35.4 Å². The number of rotatable bonds is 4. The highest BCUT2D eigenvalue weighted by Gasteiger charge is 2.13. The standard InChI is InChI=1S/C19H18Cl2N4S/c1-12-18(23-19(26)22-17-9-7-16(21)8-10-17)13(2)25(24-12)11-14-3-5-15(20)6-4-14/h3-10H,11H2,1-2H3,(H2,22,23,26). The molecule has 0 unspecified atom stereocenters. The first-order valence-electron chi connectivity index (χ1n) is 8.04. The van der Waals surface area contributed by atoms with Gasteiger partial charge in [0.1, 0.15) is 0 Å². The van der Waals surface area contributed by atoms with E-state index < -0.39 is 0 Å². The number of aryl methyl sites for hydroxylation is 1. The van der Waals surface area contributed by atoms with Crippen LogP contribution in [0.1, 0.15) is 17.0 Å². The van der Waals surface area contributed by atoms with Gasteiger partial charge in [0, 0.05) is 15.7 Å². The molecule has 1 aromatic heterocycles. The Balaban J connectivity index is 1.71. The van der Waals surface area contributed by atoms with Gasteiger partial charge in [0.05, 0.1) is 23.6 Å². The number of benzene rings is 2. The molecular weight excluding hydrogens is 387 g/mol. The third kappa shape index (κ3) is 4.55. The van der Waals surface area contributed by atoms with Gasteiger partial charge in [0.2, 0.25) is 0 Å². The fourth-order valence-corrected chi connectivity index (χ4v) is 3.08. The molecule has 0 amide bonds. The molecule has 0 aliphatic carbocycles. The van der Waals surface area contributed by atoms with Crippen molar-refractivity contribution in [2.45, 2.75) is 20.4 Å². The summed E-state index contributed by atoms with van der Waals surface area (Å²) >= 11 is 17.3. The first-order valence-corrected chi connectivity index (χ1v) is 9.21. The molecule has 2 N–H and O–H groups in total. The average molecular weight is 405 g/mol. The Morgan fingerprint density at radius 3 is 2.15 bits per heavy atom. The van der Waals surface area contributed by atoms with Crippen molar-refractivity contribution in [3.8, 4) is 0 Å². The second-order valence-electron chi connectivity index (χ2n) is 5.92. The number of hydrogen-bond donors (Lipinski definition) is 2. The number of nitrogens with zero attached hydrogens (tertiary/aromatic N) is 2. The molecule has 0 aliphatic rings. The monoisotopic (exact) mass is 404 g/mol. The maximum Gasteiger partial charge on any atom is 0.175 e. The second-order valence-corrected chi connectivity index (χ2v) is 7.20. The summed E-state index contributed by atoms with van der Waals surface area (Å²) in [5.74, 6) is 0. The van der Waals surface area contributed by atoms with Gasteiger partial charge in [-0.05, 0) is 68.0 Å². The van der Waals surface area contributed by atoms with Crippen LogP contribution in [0.4, 0.5) is 11.4 Å². The molecule has 0 radical (unpaired) electrons. The molecule has 0 bridgehead atoms. The molecule has 0 saturated carbocycles. The summed E-state index contributed by atoms with van der Waals surface area (Å²) in [4.78, 5) is 0. The third-order valence-electron chi connectivity index (χ3n) is 3.97. The van der Waals surface area contributed by atoms with E-state index in [9.17, 15) is 0 Å². The van der Waals surface area contributed by atoms with Crippen LogP contribution in [-0.2, 0) is 6.54 Å². The van der Waals surface area contributed by atoms with E-state index >= 15 is 0 Å². The summed E-state index contributed by atoms with van der Waals surface area (Å²) in [6, 6.07) is 15.1. The Hall–Kier alpha value is -2.08. The predicted octanol–water partition coefficient (Wildman–Crippen LogP) is 5.66. The van der Waals surface area contributed by atoms with Crippen molar-refractivity contribution < 1.29 is 0 Å². The van der Waals surface area contributed by atoms with Gasteiger partial charge in [-0.25, -0.2) is 0 Å². The van der Waals surface area contributed by atoms with Crippen LogP contribution in [-0.4, -0.2) is 14.9 Å². The molecule has 0 fully saturated rings. The predicted molar refractivity (Wildman–Crippen MR) is 114 cm³/mol. The molecule has 3 rings (SSSR count). The van der Waals surface area contributed by atoms with E-state index in [2.05, 4.69) is 15.7 Å². The number of thiocarbonyl (C=S) groups is 1. The summed E-state index contributed by atoms with van der Waals surface area (Å²) < 4.78 is 1.95. The highest BCUT2D eigenvalue weighted by Crippen LogP contribution is 2.22. The lowest BCUT2D eigenvalue weighted by Gasteiger charge is -2.11. The first kappa shape index (κ1) is 18.7. The molecule has 0 aliphatic heterocycles. The van der Waals surface area contributed by atoms with Crippen molar-refractivity contribution in [3.63, 3.8) is 0 Å². The van der Waals surface area contributed by atoms with Crippen LogP contribution in [0.3, 0.4) is 0 Å². The molecule has 1 heterocycles. The minimum absolute atomic E-state index is 0.504. The third-order valence-corrected chi connectivity index (χ3v) is 4.68. The minimum Gasteiger partial charge on any atom is -0.332 e. The molecule has 134 valence electrons. The van der Waals surface area contributed by atoms with Gasteiger partial charge in [-0.15, -0.1) is 0 Å². The van der Waals surface area contributed by atoms with Gasteiger partial charge >= 0.3 is 0 Å². The van der Waals surface area contributed by atoms with Gasteiger partial charge in [-0.3, -0.25) is 4.68 Å². The minimum atomic E-state index is 0.504. The van der Waals surface area contributed by atoms with Crippen LogP contribution >= 0.6 is 35.4 Å². The molecular formula is C19H18Cl2N4S. The van der Waals surface area contributed by atoms with Gasteiger partial charge in [0.25, 0.3) is 0 Å². The SMILES string of the molecule is Cc1nn(Cc2ccc(Cl)cc2)c(C)c1NC(=S)Nc1ccc(Cl)cc1. The molecule has 4 nitrogen and oxygen atoms in total. The number of anilines is 2. The van der Waals surface area contributed by atoms with E-state index in [1.54, 1.807) is 0 Å². The molecule has 7 heteroatoms. The van der Waals surface area contributed by atoms with Crippen LogP contribution in [0, 0.1) is 13.8 Å². The molecule has 0 spiro atoms. The van der Waals surface area contributed by atoms with E-state index in [0.29, 0.717) is 16.7 Å². The van der Waals surface area contributed by atoms with Crippen LogP contribution in [0.5, 0.6) is 0 Å². The molecule has 3 aromatic rings. The average Bonchev–Trinajstić information content (AvgIpc) is 2.86. The van der Waals surface area contributed by atoms with E-state index in [1.807, 2.05) is 67.1 Å². The van der Waals surface area contributed by atoms with Crippen LogP contribution in [0.25, 0.3) is 0 Å². The molecule has 2 aromatic carbocycles. The van der Waals surface area contributed by atoms with Crippen LogP contribution in [0.15, 0.2) is 48.5 Å². The Bertz CT molecular complexity index is 918. The number of aromatic nitrogens is 2. The Morgan fingerprint density at radius 1 is 0.962 bits per heavy atom. The zero-order valence-corrected chi connectivity index (χ0v) is 16.7. The lowest BCUT2D eigenvalue weighted by Crippen LogP contribution is -2.19. The van der Waals surface area contributed by atoms with Crippen molar-refractivity contribution in [1.82, 2.24) is 9.78 Å². The topological polar surface area (TPSA) is 41.9 Å². The largest absolute Gasteiger partial charge is 0.332 e. The van der Waals surface area contributed by atoms with Crippen molar-refractivity contribution in [1.29, 1.82) is 0 Å². The second kappa shape index (κ2) is 8.08. The Labute approximate surface area is 168 Å². The zero-order chi connectivity index (χ0) is 18.7. The van der Waals surface area contributed by atoms with E-state index in [0.717, 1.165) is 33.3 Å². The van der Waals surface area contributed by atoms with E-state index in [1.165, 1.54) is 0 Å². The van der Waals surface area contributed by atoms with Gasteiger partial charge in [0.15, 0.2) is 5.11 Å². The normalized spacial score (nSPS) is 10.6. The van der Waals surface area contributed by atoms with Crippen molar-refractivity contribution in [2.24, 2.45) is 0 Å². The summed E-state index contributed by atoms with van der Waals surface area (Å²) in [5.41, 5.74) is 4.81.